The molecule has 4 aliphatic heterocycles. The number of epoxide rings is 4. The lowest BCUT2D eigenvalue weighted by Gasteiger charge is -2.50. The maximum absolute atomic E-state index is 5.53. The highest BCUT2D eigenvalue weighted by atomic mass is 16.6. The summed E-state index contributed by atoms with van der Waals surface area (Å²) in [5, 5.41) is 0. The fourth-order valence-corrected chi connectivity index (χ4v) is 3.97. The summed E-state index contributed by atoms with van der Waals surface area (Å²) in [6.07, 6.45) is 1.99. The van der Waals surface area contributed by atoms with E-state index in [9.17, 15) is 0 Å². The largest absolute Gasteiger partial charge is 0.373 e. The van der Waals surface area contributed by atoms with Crippen molar-refractivity contribution in [3.8, 4) is 0 Å². The van der Waals surface area contributed by atoms with Gasteiger partial charge >= 0.3 is 0 Å². The molecule has 4 saturated heterocycles. The third-order valence-corrected chi connectivity index (χ3v) is 4.93. The van der Waals surface area contributed by atoms with Crippen LogP contribution < -0.4 is 0 Å². The van der Waals surface area contributed by atoms with Crippen molar-refractivity contribution in [3.05, 3.63) is 0 Å². The zero-order valence-electron chi connectivity index (χ0n) is 9.08. The third kappa shape index (κ3) is 1.19. The summed E-state index contributed by atoms with van der Waals surface area (Å²) in [6, 6.07) is 0. The highest BCUT2D eigenvalue weighted by Crippen LogP contribution is 2.61. The van der Waals surface area contributed by atoms with Gasteiger partial charge < -0.3 is 18.9 Å². The number of ether oxygens (including phenoxy) is 4. The zero-order valence-corrected chi connectivity index (χ0v) is 9.08. The summed E-state index contributed by atoms with van der Waals surface area (Å²) >= 11 is 0. The summed E-state index contributed by atoms with van der Waals surface area (Å²) in [6.45, 7) is 3.81. The molecule has 0 amide bonds. The summed E-state index contributed by atoms with van der Waals surface area (Å²) < 4.78 is 22.1. The van der Waals surface area contributed by atoms with Gasteiger partial charge in [0.15, 0.2) is 0 Å². The molecular formula is C12H16O4. The first-order chi connectivity index (χ1) is 7.93. The van der Waals surface area contributed by atoms with Crippen molar-refractivity contribution in [3.63, 3.8) is 0 Å². The molecule has 16 heavy (non-hydrogen) atoms. The van der Waals surface area contributed by atoms with Crippen molar-refractivity contribution in [1.82, 2.24) is 0 Å². The SMILES string of the molecule is C1OC1C1C(C2CO2)C(C2CO2)C1C1CO1. The van der Waals surface area contributed by atoms with Gasteiger partial charge in [0.1, 0.15) is 0 Å². The van der Waals surface area contributed by atoms with Crippen molar-refractivity contribution in [2.45, 2.75) is 24.4 Å². The van der Waals surface area contributed by atoms with E-state index in [2.05, 4.69) is 0 Å². The van der Waals surface area contributed by atoms with E-state index in [1.54, 1.807) is 0 Å². The van der Waals surface area contributed by atoms with Crippen molar-refractivity contribution in [2.75, 3.05) is 26.4 Å². The van der Waals surface area contributed by atoms with Crippen LogP contribution in [0.15, 0.2) is 0 Å². The molecule has 4 unspecified atom stereocenters. The fraction of sp³-hybridized carbons (Fsp3) is 1.00. The minimum atomic E-state index is 0.499. The molecule has 0 radical (unpaired) electrons. The van der Waals surface area contributed by atoms with Crippen LogP contribution in [0.4, 0.5) is 0 Å². The Hall–Kier alpha value is -0.160. The molecule has 0 aromatic rings. The Morgan fingerprint density at radius 3 is 0.750 bits per heavy atom. The van der Waals surface area contributed by atoms with E-state index >= 15 is 0 Å². The zero-order chi connectivity index (χ0) is 10.3. The van der Waals surface area contributed by atoms with Gasteiger partial charge in [-0.1, -0.05) is 0 Å². The topological polar surface area (TPSA) is 50.1 Å². The second-order valence-corrected chi connectivity index (χ2v) is 5.80. The molecule has 5 rings (SSSR count). The van der Waals surface area contributed by atoms with Crippen LogP contribution in [0, 0.1) is 23.7 Å². The molecule has 0 aromatic heterocycles. The molecule has 88 valence electrons. The van der Waals surface area contributed by atoms with Gasteiger partial charge in [-0.2, -0.15) is 0 Å². The minimum Gasteiger partial charge on any atom is -0.373 e. The number of hydrogen-bond donors (Lipinski definition) is 0. The van der Waals surface area contributed by atoms with E-state index in [1.807, 2.05) is 0 Å². The van der Waals surface area contributed by atoms with Crippen molar-refractivity contribution < 1.29 is 18.9 Å². The van der Waals surface area contributed by atoms with Crippen LogP contribution in [0.1, 0.15) is 0 Å². The summed E-state index contributed by atoms with van der Waals surface area (Å²) in [5.41, 5.74) is 0. The van der Waals surface area contributed by atoms with Crippen LogP contribution in [0.3, 0.4) is 0 Å². The van der Waals surface area contributed by atoms with Crippen molar-refractivity contribution in [2.24, 2.45) is 23.7 Å². The Morgan fingerprint density at radius 2 is 0.625 bits per heavy atom. The highest BCUT2D eigenvalue weighted by Gasteiger charge is 2.68. The molecule has 4 heteroatoms. The lowest BCUT2D eigenvalue weighted by Crippen LogP contribution is -2.56. The lowest BCUT2D eigenvalue weighted by atomic mass is 9.52. The maximum atomic E-state index is 5.53. The Kier molecular flexibility index (Phi) is 1.55. The van der Waals surface area contributed by atoms with Gasteiger partial charge in [0, 0.05) is 0 Å². The first kappa shape index (κ1) is 8.86. The first-order valence-corrected chi connectivity index (χ1v) is 6.40. The van der Waals surface area contributed by atoms with Gasteiger partial charge in [0.05, 0.1) is 50.8 Å². The van der Waals surface area contributed by atoms with E-state index in [1.165, 1.54) is 0 Å². The van der Waals surface area contributed by atoms with Crippen molar-refractivity contribution >= 4 is 0 Å². The Bertz CT molecular complexity index is 245. The van der Waals surface area contributed by atoms with Gasteiger partial charge in [-0.05, 0) is 23.7 Å². The third-order valence-electron chi connectivity index (χ3n) is 4.93. The van der Waals surface area contributed by atoms with Crippen molar-refractivity contribution in [1.29, 1.82) is 0 Å². The van der Waals surface area contributed by atoms with Crippen LogP contribution in [-0.4, -0.2) is 50.8 Å². The van der Waals surface area contributed by atoms with E-state index in [0.717, 1.165) is 26.4 Å². The normalized spacial score (nSPS) is 66.0. The molecule has 0 bridgehead atoms. The molecule has 0 aromatic carbocycles. The Morgan fingerprint density at radius 1 is 0.438 bits per heavy atom. The maximum Gasteiger partial charge on any atom is 0.0845 e. The van der Waals surface area contributed by atoms with E-state index in [4.69, 9.17) is 18.9 Å². The van der Waals surface area contributed by atoms with Crippen LogP contribution >= 0.6 is 0 Å². The Labute approximate surface area is 94.2 Å². The van der Waals surface area contributed by atoms with E-state index in [0.29, 0.717) is 48.1 Å². The smallest absolute Gasteiger partial charge is 0.0845 e. The summed E-state index contributed by atoms with van der Waals surface area (Å²) in [7, 11) is 0. The highest BCUT2D eigenvalue weighted by molar-refractivity contribution is 5.14. The molecule has 1 saturated carbocycles. The predicted octanol–water partition coefficient (Wildman–Crippen LogP) is 0.0600. The van der Waals surface area contributed by atoms with Crippen LogP contribution in [0.5, 0.6) is 0 Å². The average molecular weight is 224 g/mol. The molecule has 0 N–H and O–H groups in total. The number of rotatable bonds is 4. The molecule has 4 atom stereocenters. The monoisotopic (exact) mass is 224 g/mol. The fourth-order valence-electron chi connectivity index (χ4n) is 3.97. The van der Waals surface area contributed by atoms with Gasteiger partial charge in [-0.3, -0.25) is 0 Å². The van der Waals surface area contributed by atoms with E-state index < -0.39 is 0 Å². The van der Waals surface area contributed by atoms with Crippen LogP contribution in [-0.2, 0) is 18.9 Å². The first-order valence-electron chi connectivity index (χ1n) is 6.40. The molecule has 5 aliphatic rings. The number of hydrogen-bond acceptors (Lipinski definition) is 4. The summed E-state index contributed by atoms with van der Waals surface area (Å²) in [4.78, 5) is 0. The molecule has 0 spiro atoms. The molecule has 4 nitrogen and oxygen atoms in total. The second kappa shape index (κ2) is 2.80. The van der Waals surface area contributed by atoms with Gasteiger partial charge in [-0.15, -0.1) is 0 Å². The van der Waals surface area contributed by atoms with Crippen LogP contribution in [0.25, 0.3) is 0 Å². The molecule has 5 fully saturated rings. The molecule has 4 heterocycles. The van der Waals surface area contributed by atoms with Gasteiger partial charge in [-0.25, -0.2) is 0 Å². The second-order valence-electron chi connectivity index (χ2n) is 5.80. The quantitative estimate of drug-likeness (QED) is 0.634. The Balaban J connectivity index is 1.44. The van der Waals surface area contributed by atoms with Gasteiger partial charge in [0.2, 0.25) is 0 Å². The molecule has 1 aliphatic carbocycles. The standard InChI is InChI=1S/C12H16O4/c1-5(13-1)9-10(6-2-14-6)12(8-4-16-8)11(9)7-3-15-7/h5-12H,1-4H2. The van der Waals surface area contributed by atoms with E-state index in [-0.39, 0.29) is 0 Å². The molecular weight excluding hydrogens is 208 g/mol. The predicted molar refractivity (Wildman–Crippen MR) is 52.9 cm³/mol. The summed E-state index contributed by atoms with van der Waals surface area (Å²) in [5.74, 6) is 2.76. The van der Waals surface area contributed by atoms with Gasteiger partial charge in [0.25, 0.3) is 0 Å². The average Bonchev–Trinajstić information content (AvgIpc) is 2.92. The van der Waals surface area contributed by atoms with Crippen LogP contribution in [0.2, 0.25) is 0 Å². The lowest BCUT2D eigenvalue weighted by molar-refractivity contribution is -0.0798. The minimum absolute atomic E-state index is 0.499.